The molecule has 0 amide bonds. The Bertz CT molecular complexity index is 382. The summed E-state index contributed by atoms with van der Waals surface area (Å²) in [4.78, 5) is 4.30. The quantitative estimate of drug-likeness (QED) is 0.386. The number of ether oxygens (including phenoxy) is 3. The molecule has 0 saturated carbocycles. The highest BCUT2D eigenvalue weighted by atomic mass is 127. The number of hydrogen-bond donors (Lipinski definition) is 2. The Kier molecular flexibility index (Phi) is 9.84. The number of hydrogen-bond acceptors (Lipinski definition) is 4. The van der Waals surface area contributed by atoms with Crippen LogP contribution in [-0.4, -0.2) is 64.7 Å². The second-order valence-electron chi connectivity index (χ2n) is 7.46. The molecule has 3 atom stereocenters. The molecule has 2 heterocycles. The highest BCUT2D eigenvalue weighted by Crippen LogP contribution is 2.33. The first-order valence-corrected chi connectivity index (χ1v) is 8.76. The topological polar surface area (TPSA) is 64.1 Å². The van der Waals surface area contributed by atoms with Crippen molar-refractivity contribution in [1.29, 1.82) is 0 Å². The van der Waals surface area contributed by atoms with Gasteiger partial charge in [-0.25, -0.2) is 0 Å². The first kappa shape index (κ1) is 21.9. The van der Waals surface area contributed by atoms with E-state index in [2.05, 4.69) is 36.4 Å². The normalized spacial score (nSPS) is 28.8. The van der Waals surface area contributed by atoms with Crippen molar-refractivity contribution in [3.05, 3.63) is 0 Å². The van der Waals surface area contributed by atoms with E-state index in [1.54, 1.807) is 7.05 Å². The fraction of sp³-hybridized carbons (Fsp3) is 0.941. The largest absolute Gasteiger partial charge is 0.377 e. The van der Waals surface area contributed by atoms with E-state index in [0.717, 1.165) is 25.5 Å². The minimum Gasteiger partial charge on any atom is -0.377 e. The second kappa shape index (κ2) is 10.8. The van der Waals surface area contributed by atoms with E-state index in [4.69, 9.17) is 14.2 Å². The number of guanidine groups is 1. The predicted octanol–water partition coefficient (Wildman–Crippen LogP) is 2.03. The van der Waals surface area contributed by atoms with Gasteiger partial charge in [-0.3, -0.25) is 4.99 Å². The Morgan fingerprint density at radius 3 is 2.46 bits per heavy atom. The third kappa shape index (κ3) is 7.01. The van der Waals surface area contributed by atoms with Gasteiger partial charge in [0.1, 0.15) is 0 Å². The number of rotatable bonds is 4. The van der Waals surface area contributed by atoms with Crippen LogP contribution in [0.4, 0.5) is 0 Å². The van der Waals surface area contributed by atoms with E-state index >= 15 is 0 Å². The molecule has 0 aromatic heterocycles. The molecule has 2 fully saturated rings. The maximum atomic E-state index is 6.04. The Hall–Kier alpha value is -0.120. The zero-order valence-electron chi connectivity index (χ0n) is 15.5. The first-order chi connectivity index (χ1) is 11.0. The molecule has 0 spiro atoms. The van der Waals surface area contributed by atoms with Crippen molar-refractivity contribution < 1.29 is 14.2 Å². The average molecular weight is 455 g/mol. The van der Waals surface area contributed by atoms with E-state index in [1.807, 2.05) is 0 Å². The molecule has 2 aliphatic heterocycles. The molecule has 6 nitrogen and oxygen atoms in total. The van der Waals surface area contributed by atoms with Gasteiger partial charge in [-0.15, -0.1) is 24.0 Å². The summed E-state index contributed by atoms with van der Waals surface area (Å²) in [5.41, 5.74) is 0.164. The summed E-state index contributed by atoms with van der Waals surface area (Å²) in [5, 5.41) is 6.77. The Morgan fingerprint density at radius 2 is 1.83 bits per heavy atom. The lowest BCUT2D eigenvalue weighted by molar-refractivity contribution is -0.0855. The van der Waals surface area contributed by atoms with Gasteiger partial charge in [0.05, 0.1) is 32.0 Å². The van der Waals surface area contributed by atoms with Crippen molar-refractivity contribution in [3.63, 3.8) is 0 Å². The standard InChI is InChI=1S/C17H33N3O3.HI/c1-17(2,3)15-13(6-5-7-23-15)10-19-16(18-4)20-11-14-12-21-8-9-22-14;/h13-15H,5-12H2,1-4H3,(H2,18,19,20);1H. The van der Waals surface area contributed by atoms with Gasteiger partial charge >= 0.3 is 0 Å². The predicted molar refractivity (Wildman–Crippen MR) is 107 cm³/mol. The van der Waals surface area contributed by atoms with Gasteiger partial charge in [-0.1, -0.05) is 20.8 Å². The smallest absolute Gasteiger partial charge is 0.191 e. The fourth-order valence-corrected chi connectivity index (χ4v) is 3.32. The maximum Gasteiger partial charge on any atom is 0.191 e. The van der Waals surface area contributed by atoms with Crippen LogP contribution in [0.15, 0.2) is 4.99 Å². The zero-order valence-corrected chi connectivity index (χ0v) is 17.8. The molecule has 24 heavy (non-hydrogen) atoms. The summed E-state index contributed by atoms with van der Waals surface area (Å²) in [6.07, 6.45) is 2.73. The fourth-order valence-electron chi connectivity index (χ4n) is 3.32. The number of nitrogens with zero attached hydrogens (tertiary/aromatic N) is 1. The lowest BCUT2D eigenvalue weighted by Crippen LogP contribution is -2.49. The molecule has 0 aromatic carbocycles. The Labute approximate surface area is 163 Å². The Morgan fingerprint density at radius 1 is 1.08 bits per heavy atom. The lowest BCUT2D eigenvalue weighted by Gasteiger charge is -2.40. The molecule has 2 saturated heterocycles. The average Bonchev–Trinajstić information content (AvgIpc) is 2.55. The van der Waals surface area contributed by atoms with Gasteiger partial charge in [0.25, 0.3) is 0 Å². The van der Waals surface area contributed by atoms with Crippen molar-refractivity contribution >= 4 is 29.9 Å². The molecule has 2 N–H and O–H groups in total. The van der Waals surface area contributed by atoms with Crippen LogP contribution in [0, 0.1) is 11.3 Å². The van der Waals surface area contributed by atoms with E-state index in [1.165, 1.54) is 6.42 Å². The van der Waals surface area contributed by atoms with Gasteiger partial charge in [-0.2, -0.15) is 0 Å². The molecule has 0 aliphatic carbocycles. The van der Waals surface area contributed by atoms with Crippen LogP contribution in [0.25, 0.3) is 0 Å². The van der Waals surface area contributed by atoms with Gasteiger partial charge in [-0.05, 0) is 18.3 Å². The van der Waals surface area contributed by atoms with Gasteiger partial charge in [0.2, 0.25) is 0 Å². The number of aliphatic imine (C=N–C) groups is 1. The molecule has 2 aliphatic rings. The maximum absolute atomic E-state index is 6.04. The van der Waals surface area contributed by atoms with Crippen molar-refractivity contribution in [2.24, 2.45) is 16.3 Å². The van der Waals surface area contributed by atoms with Crippen LogP contribution >= 0.6 is 24.0 Å². The van der Waals surface area contributed by atoms with Crippen LogP contribution < -0.4 is 10.6 Å². The van der Waals surface area contributed by atoms with Gasteiger partial charge in [0.15, 0.2) is 5.96 Å². The zero-order chi connectivity index (χ0) is 16.7. The molecule has 2 rings (SSSR count). The molecule has 7 heteroatoms. The summed E-state index contributed by atoms with van der Waals surface area (Å²) in [7, 11) is 1.80. The van der Waals surface area contributed by atoms with Crippen LogP contribution in [-0.2, 0) is 14.2 Å². The Balaban J connectivity index is 0.00000288. The molecule has 0 bridgehead atoms. The minimum atomic E-state index is 0. The van der Waals surface area contributed by atoms with E-state index < -0.39 is 0 Å². The summed E-state index contributed by atoms with van der Waals surface area (Å²) in [5.74, 6) is 1.33. The molecule has 0 aromatic rings. The minimum absolute atomic E-state index is 0. The third-order valence-corrected chi connectivity index (χ3v) is 4.44. The number of nitrogens with one attached hydrogen (secondary N) is 2. The van der Waals surface area contributed by atoms with Crippen LogP contribution in [0.2, 0.25) is 0 Å². The van der Waals surface area contributed by atoms with Crippen molar-refractivity contribution in [2.75, 3.05) is 46.6 Å². The van der Waals surface area contributed by atoms with Gasteiger partial charge in [0, 0.05) is 32.7 Å². The van der Waals surface area contributed by atoms with Crippen molar-refractivity contribution in [2.45, 2.75) is 45.8 Å². The molecular weight excluding hydrogens is 421 g/mol. The van der Waals surface area contributed by atoms with Crippen molar-refractivity contribution in [3.8, 4) is 0 Å². The summed E-state index contributed by atoms with van der Waals surface area (Å²) < 4.78 is 17.1. The molecule has 0 radical (unpaired) electrons. The van der Waals surface area contributed by atoms with Crippen LogP contribution in [0.1, 0.15) is 33.6 Å². The highest BCUT2D eigenvalue weighted by Gasteiger charge is 2.35. The molecule has 142 valence electrons. The summed E-state index contributed by atoms with van der Waals surface area (Å²) in [6.45, 7) is 11.2. The van der Waals surface area contributed by atoms with E-state index in [9.17, 15) is 0 Å². The SMILES string of the molecule is CN=C(NCC1COCCO1)NCC1CCCOC1C(C)(C)C.I. The first-order valence-electron chi connectivity index (χ1n) is 8.76. The molecule has 3 unspecified atom stereocenters. The monoisotopic (exact) mass is 455 g/mol. The van der Waals surface area contributed by atoms with Crippen molar-refractivity contribution in [1.82, 2.24) is 10.6 Å². The highest BCUT2D eigenvalue weighted by molar-refractivity contribution is 14.0. The van der Waals surface area contributed by atoms with Crippen LogP contribution in [0.3, 0.4) is 0 Å². The number of halogens is 1. The van der Waals surface area contributed by atoms with Crippen LogP contribution in [0.5, 0.6) is 0 Å². The summed E-state index contributed by atoms with van der Waals surface area (Å²) in [6, 6.07) is 0. The third-order valence-electron chi connectivity index (χ3n) is 4.44. The van der Waals surface area contributed by atoms with E-state index in [0.29, 0.717) is 32.3 Å². The molecular formula is C17H34IN3O3. The van der Waals surface area contributed by atoms with Gasteiger partial charge < -0.3 is 24.8 Å². The second-order valence-corrected chi connectivity index (χ2v) is 7.46. The van der Waals surface area contributed by atoms with E-state index in [-0.39, 0.29) is 41.6 Å². The lowest BCUT2D eigenvalue weighted by atomic mass is 9.78. The summed E-state index contributed by atoms with van der Waals surface area (Å²) >= 11 is 0.